The first-order valence-corrected chi connectivity index (χ1v) is 13.3. The van der Waals surface area contributed by atoms with E-state index in [2.05, 4.69) is 62.3 Å². The molecule has 35 heavy (non-hydrogen) atoms. The highest BCUT2D eigenvalue weighted by Crippen LogP contribution is 2.29. The maximum atomic E-state index is 13.3. The van der Waals surface area contributed by atoms with Gasteiger partial charge in [0.05, 0.1) is 30.8 Å². The average Bonchev–Trinajstić information content (AvgIpc) is 3.60. The molecule has 2 aliphatic rings. The molecule has 9 heteroatoms. The van der Waals surface area contributed by atoms with E-state index >= 15 is 0 Å². The molecule has 0 spiro atoms. The van der Waals surface area contributed by atoms with Gasteiger partial charge in [0, 0.05) is 43.2 Å². The first-order chi connectivity index (χ1) is 17.0. The van der Waals surface area contributed by atoms with Crippen molar-refractivity contribution in [3.05, 3.63) is 52.8 Å². The molecule has 1 aromatic carbocycles. The van der Waals surface area contributed by atoms with Crippen molar-refractivity contribution < 1.29 is 14.3 Å². The van der Waals surface area contributed by atoms with Crippen molar-refractivity contribution in [3.8, 4) is 5.69 Å². The third-order valence-electron chi connectivity index (χ3n) is 6.82. The van der Waals surface area contributed by atoms with Crippen molar-refractivity contribution in [2.45, 2.75) is 51.4 Å². The van der Waals surface area contributed by atoms with E-state index < -0.39 is 0 Å². The number of thioether (sulfide) groups is 1. The van der Waals surface area contributed by atoms with E-state index in [1.807, 2.05) is 13.0 Å². The molecule has 3 aromatic rings. The first kappa shape index (κ1) is 24.1. The molecule has 0 N–H and O–H groups in total. The van der Waals surface area contributed by atoms with Crippen LogP contribution in [-0.4, -0.2) is 69.9 Å². The van der Waals surface area contributed by atoms with Crippen molar-refractivity contribution in [2.75, 3.05) is 43.6 Å². The molecule has 0 unspecified atom stereocenters. The lowest BCUT2D eigenvalue weighted by atomic mass is 10.2. The fraction of sp³-hybridized carbons (Fsp3) is 0.500. The van der Waals surface area contributed by atoms with Gasteiger partial charge in [0.1, 0.15) is 0 Å². The largest absolute Gasteiger partial charge is 0.378 e. The number of Topliss-reactive ketones (excluding diaryl/α,β-unsaturated/α-hetero) is 1. The number of morpholine rings is 1. The van der Waals surface area contributed by atoms with Crippen molar-refractivity contribution in [2.24, 2.45) is 0 Å². The second kappa shape index (κ2) is 10.6. The Bertz CT molecular complexity index is 1170. The normalized spacial score (nSPS) is 18.4. The van der Waals surface area contributed by atoms with E-state index in [4.69, 9.17) is 9.47 Å². The van der Waals surface area contributed by atoms with Crippen LogP contribution in [-0.2, 0) is 16.0 Å². The summed E-state index contributed by atoms with van der Waals surface area (Å²) in [6.07, 6.45) is 2.43. The van der Waals surface area contributed by atoms with Gasteiger partial charge in [-0.2, -0.15) is 0 Å². The van der Waals surface area contributed by atoms with Crippen LogP contribution in [0, 0.1) is 20.8 Å². The number of carbonyl (C=O) groups excluding carboxylic acids is 1. The molecule has 2 fully saturated rings. The maximum absolute atomic E-state index is 13.3. The Morgan fingerprint density at radius 3 is 2.57 bits per heavy atom. The van der Waals surface area contributed by atoms with Gasteiger partial charge in [-0.3, -0.25) is 9.36 Å². The summed E-state index contributed by atoms with van der Waals surface area (Å²) in [7, 11) is 0. The highest BCUT2D eigenvalue weighted by Gasteiger charge is 2.24. The molecule has 5 rings (SSSR count). The quantitative estimate of drug-likeness (QED) is 0.346. The number of rotatable bonds is 8. The number of hydrogen-bond donors (Lipinski definition) is 0. The number of hydrogen-bond acceptors (Lipinski definition) is 7. The molecule has 186 valence electrons. The van der Waals surface area contributed by atoms with Gasteiger partial charge in [-0.25, -0.2) is 0 Å². The zero-order chi connectivity index (χ0) is 24.4. The van der Waals surface area contributed by atoms with Crippen molar-refractivity contribution in [1.82, 2.24) is 19.3 Å². The van der Waals surface area contributed by atoms with Crippen LogP contribution in [0.15, 0.2) is 35.5 Å². The van der Waals surface area contributed by atoms with Crippen molar-refractivity contribution in [1.29, 1.82) is 0 Å². The molecule has 0 amide bonds. The molecule has 2 saturated heterocycles. The van der Waals surface area contributed by atoms with Crippen LogP contribution < -0.4 is 4.90 Å². The van der Waals surface area contributed by atoms with Gasteiger partial charge in [-0.15, -0.1) is 10.2 Å². The standard InChI is InChI=1S/C26H33N5O3S/c1-18-6-8-21(9-7-18)31-25(29-10-13-33-14-11-29)27-28-26(31)35-17-24(32)23-15-19(2)30(20(23)3)16-22-5-4-12-34-22/h6-9,15,22H,4-5,10-14,16-17H2,1-3H3/t22-/m0/s1. The number of ketones is 1. The zero-order valence-electron chi connectivity index (χ0n) is 20.7. The van der Waals surface area contributed by atoms with Crippen LogP contribution in [0.5, 0.6) is 0 Å². The average molecular weight is 496 g/mol. The number of anilines is 1. The van der Waals surface area contributed by atoms with Gasteiger partial charge >= 0.3 is 0 Å². The van der Waals surface area contributed by atoms with Crippen LogP contribution in [0.3, 0.4) is 0 Å². The second-order valence-electron chi connectivity index (χ2n) is 9.30. The highest BCUT2D eigenvalue weighted by molar-refractivity contribution is 7.99. The Kier molecular flexibility index (Phi) is 7.27. The fourth-order valence-electron chi connectivity index (χ4n) is 4.81. The summed E-state index contributed by atoms with van der Waals surface area (Å²) in [5, 5.41) is 9.72. The smallest absolute Gasteiger partial charge is 0.232 e. The van der Waals surface area contributed by atoms with Gasteiger partial charge in [0.25, 0.3) is 0 Å². The molecule has 0 radical (unpaired) electrons. The molecule has 2 aromatic heterocycles. The summed E-state index contributed by atoms with van der Waals surface area (Å²) >= 11 is 1.44. The minimum atomic E-state index is 0.105. The van der Waals surface area contributed by atoms with E-state index in [0.29, 0.717) is 19.0 Å². The van der Waals surface area contributed by atoms with Gasteiger partial charge < -0.3 is 18.9 Å². The maximum Gasteiger partial charge on any atom is 0.232 e. The van der Waals surface area contributed by atoms with Crippen LogP contribution in [0.25, 0.3) is 5.69 Å². The third-order valence-corrected chi connectivity index (χ3v) is 7.75. The molecule has 8 nitrogen and oxygen atoms in total. The lowest BCUT2D eigenvalue weighted by Gasteiger charge is -2.27. The van der Waals surface area contributed by atoms with E-state index in [1.54, 1.807) is 0 Å². The number of ether oxygens (including phenoxy) is 2. The predicted octanol–water partition coefficient (Wildman–Crippen LogP) is 3.98. The summed E-state index contributed by atoms with van der Waals surface area (Å²) < 4.78 is 15.6. The molecule has 0 aliphatic carbocycles. The van der Waals surface area contributed by atoms with Gasteiger partial charge in [0.2, 0.25) is 5.95 Å². The van der Waals surface area contributed by atoms with Gasteiger partial charge in [0.15, 0.2) is 10.9 Å². The Morgan fingerprint density at radius 2 is 1.86 bits per heavy atom. The van der Waals surface area contributed by atoms with Gasteiger partial charge in [-0.1, -0.05) is 29.5 Å². The van der Waals surface area contributed by atoms with Crippen LogP contribution in [0.2, 0.25) is 0 Å². The SMILES string of the molecule is Cc1ccc(-n2c(SCC(=O)c3cc(C)n(C[C@@H]4CCCO4)c3C)nnc2N2CCOCC2)cc1. The van der Waals surface area contributed by atoms with Crippen LogP contribution in [0.4, 0.5) is 5.95 Å². The Morgan fingerprint density at radius 1 is 1.09 bits per heavy atom. The molecule has 0 saturated carbocycles. The minimum absolute atomic E-state index is 0.105. The molecular weight excluding hydrogens is 462 g/mol. The number of nitrogens with zero attached hydrogens (tertiary/aromatic N) is 5. The zero-order valence-corrected chi connectivity index (χ0v) is 21.5. The van der Waals surface area contributed by atoms with E-state index in [0.717, 1.165) is 72.8 Å². The summed E-state index contributed by atoms with van der Waals surface area (Å²) in [5.41, 5.74) is 5.08. The summed E-state index contributed by atoms with van der Waals surface area (Å²) in [6, 6.07) is 10.3. The lowest BCUT2D eigenvalue weighted by Crippen LogP contribution is -2.37. The molecule has 1 atom stereocenters. The topological polar surface area (TPSA) is 74.4 Å². The molecule has 4 heterocycles. The fourth-order valence-corrected chi connectivity index (χ4v) is 5.64. The summed E-state index contributed by atoms with van der Waals surface area (Å²) in [5.74, 6) is 1.20. The number of carbonyl (C=O) groups is 1. The Hall–Kier alpha value is -2.62. The predicted molar refractivity (Wildman–Crippen MR) is 137 cm³/mol. The Balaban J connectivity index is 1.36. The van der Waals surface area contributed by atoms with Gasteiger partial charge in [-0.05, 0) is 51.8 Å². The van der Waals surface area contributed by atoms with Crippen LogP contribution in [0.1, 0.15) is 40.2 Å². The molecule has 0 bridgehead atoms. The second-order valence-corrected chi connectivity index (χ2v) is 10.2. The summed E-state index contributed by atoms with van der Waals surface area (Å²) in [6.45, 7) is 10.7. The Labute approximate surface area is 210 Å². The number of benzene rings is 1. The highest BCUT2D eigenvalue weighted by atomic mass is 32.2. The monoisotopic (exact) mass is 495 g/mol. The molecular formula is C26H33N5O3S. The van der Waals surface area contributed by atoms with E-state index in [1.165, 1.54) is 17.3 Å². The number of aryl methyl sites for hydroxylation is 2. The first-order valence-electron chi connectivity index (χ1n) is 12.3. The van der Waals surface area contributed by atoms with Crippen molar-refractivity contribution >= 4 is 23.5 Å². The van der Waals surface area contributed by atoms with E-state index in [-0.39, 0.29) is 11.9 Å². The molecule has 2 aliphatic heterocycles. The minimum Gasteiger partial charge on any atom is -0.378 e. The van der Waals surface area contributed by atoms with Crippen molar-refractivity contribution in [3.63, 3.8) is 0 Å². The number of aromatic nitrogens is 4. The van der Waals surface area contributed by atoms with E-state index in [9.17, 15) is 4.79 Å². The lowest BCUT2D eigenvalue weighted by molar-refractivity contribution is 0.0957. The third kappa shape index (κ3) is 5.17. The van der Waals surface area contributed by atoms with Crippen LogP contribution >= 0.6 is 11.8 Å². The summed E-state index contributed by atoms with van der Waals surface area (Å²) in [4.78, 5) is 15.5.